The Balaban J connectivity index is 1.64. The van der Waals surface area contributed by atoms with Crippen LogP contribution >= 0.6 is 0 Å². The van der Waals surface area contributed by atoms with Gasteiger partial charge in [0.25, 0.3) is 0 Å². The van der Waals surface area contributed by atoms with Crippen LogP contribution in [0.25, 0.3) is 0 Å². The van der Waals surface area contributed by atoms with Crippen LogP contribution in [0.3, 0.4) is 0 Å². The van der Waals surface area contributed by atoms with Crippen molar-refractivity contribution in [3.05, 3.63) is 71.3 Å². The molecule has 0 aliphatic heterocycles. The first-order valence-corrected chi connectivity index (χ1v) is 9.81. The van der Waals surface area contributed by atoms with E-state index in [9.17, 15) is 14.4 Å². The summed E-state index contributed by atoms with van der Waals surface area (Å²) in [5.41, 5.74) is 2.74. The Morgan fingerprint density at radius 2 is 1.39 bits per heavy atom. The van der Waals surface area contributed by atoms with Crippen molar-refractivity contribution < 1.29 is 23.9 Å². The lowest BCUT2D eigenvalue weighted by Gasteiger charge is -2.18. The highest BCUT2D eigenvalue weighted by Crippen LogP contribution is 2.05. The summed E-state index contributed by atoms with van der Waals surface area (Å²) in [6.45, 7) is 1.37. The largest absolute Gasteiger partial charge is 0.453 e. The normalized spacial score (nSPS) is 10.0. The number of methoxy groups -OCH3 is 1. The molecule has 9 heteroatoms. The average molecular weight is 428 g/mol. The molecular weight excluding hydrogens is 400 g/mol. The van der Waals surface area contributed by atoms with Crippen molar-refractivity contribution in [3.63, 3.8) is 0 Å². The monoisotopic (exact) mass is 428 g/mol. The zero-order chi connectivity index (χ0) is 22.5. The SMILES string of the molecule is COC(=O)NCc1cccc(CNC(=O)OCCN(C)C(=O)NCc2ccccc2)c1. The lowest BCUT2D eigenvalue weighted by molar-refractivity contribution is 0.133. The number of nitrogens with zero attached hydrogens (tertiary/aromatic N) is 1. The number of hydrogen-bond acceptors (Lipinski definition) is 5. The first-order chi connectivity index (χ1) is 15.0. The van der Waals surface area contributed by atoms with E-state index in [0.717, 1.165) is 16.7 Å². The van der Waals surface area contributed by atoms with E-state index in [2.05, 4.69) is 20.7 Å². The summed E-state index contributed by atoms with van der Waals surface area (Å²) in [6, 6.07) is 16.8. The summed E-state index contributed by atoms with van der Waals surface area (Å²) in [4.78, 5) is 36.6. The molecule has 31 heavy (non-hydrogen) atoms. The minimum atomic E-state index is -0.573. The Morgan fingerprint density at radius 3 is 2.03 bits per heavy atom. The van der Waals surface area contributed by atoms with Gasteiger partial charge < -0.3 is 30.3 Å². The fraction of sp³-hybridized carbons (Fsp3) is 0.318. The molecule has 0 saturated carbocycles. The van der Waals surface area contributed by atoms with Crippen LogP contribution in [0.2, 0.25) is 0 Å². The molecule has 9 nitrogen and oxygen atoms in total. The second-order valence-corrected chi connectivity index (χ2v) is 6.72. The second kappa shape index (κ2) is 12.7. The molecule has 2 aromatic rings. The van der Waals surface area contributed by atoms with Crippen LogP contribution in [-0.2, 0) is 29.1 Å². The van der Waals surface area contributed by atoms with E-state index in [-0.39, 0.29) is 25.7 Å². The van der Waals surface area contributed by atoms with Gasteiger partial charge in [-0.2, -0.15) is 0 Å². The van der Waals surface area contributed by atoms with E-state index >= 15 is 0 Å². The first-order valence-electron chi connectivity index (χ1n) is 9.81. The van der Waals surface area contributed by atoms with E-state index in [1.54, 1.807) is 7.05 Å². The number of alkyl carbamates (subject to hydrolysis) is 2. The topological polar surface area (TPSA) is 109 Å². The summed E-state index contributed by atoms with van der Waals surface area (Å²) in [5, 5.41) is 8.06. The van der Waals surface area contributed by atoms with E-state index in [1.165, 1.54) is 12.0 Å². The molecule has 3 N–H and O–H groups in total. The minimum absolute atomic E-state index is 0.0736. The summed E-state index contributed by atoms with van der Waals surface area (Å²) in [7, 11) is 2.94. The van der Waals surface area contributed by atoms with Gasteiger partial charge in [0.15, 0.2) is 0 Å². The van der Waals surface area contributed by atoms with E-state index < -0.39 is 12.2 Å². The third kappa shape index (κ3) is 9.07. The Kier molecular flexibility index (Phi) is 9.67. The first kappa shape index (κ1) is 23.5. The maximum Gasteiger partial charge on any atom is 0.407 e. The number of carbonyl (C=O) groups excluding carboxylic acids is 3. The Labute approximate surface area is 181 Å². The zero-order valence-corrected chi connectivity index (χ0v) is 17.7. The zero-order valence-electron chi connectivity index (χ0n) is 17.7. The predicted octanol–water partition coefficient (Wildman–Crippen LogP) is 2.61. The predicted molar refractivity (Wildman–Crippen MR) is 115 cm³/mol. The van der Waals surface area contributed by atoms with Crippen molar-refractivity contribution in [2.45, 2.75) is 19.6 Å². The van der Waals surface area contributed by atoms with E-state index in [0.29, 0.717) is 13.1 Å². The smallest absolute Gasteiger partial charge is 0.407 e. The fourth-order valence-corrected chi connectivity index (χ4v) is 2.61. The summed E-state index contributed by atoms with van der Waals surface area (Å²) in [6.07, 6.45) is -1.08. The number of carbonyl (C=O) groups is 3. The summed E-state index contributed by atoms with van der Waals surface area (Å²) >= 11 is 0. The molecule has 0 heterocycles. The molecule has 4 amide bonds. The molecule has 0 fully saturated rings. The fourth-order valence-electron chi connectivity index (χ4n) is 2.61. The molecule has 0 atom stereocenters. The van der Waals surface area contributed by atoms with Gasteiger partial charge in [-0.15, -0.1) is 0 Å². The highest BCUT2D eigenvalue weighted by Gasteiger charge is 2.09. The number of urea groups is 1. The maximum atomic E-state index is 12.1. The van der Waals surface area contributed by atoms with Gasteiger partial charge in [-0.25, -0.2) is 14.4 Å². The van der Waals surface area contributed by atoms with E-state index in [4.69, 9.17) is 4.74 Å². The van der Waals surface area contributed by atoms with E-state index in [1.807, 2.05) is 54.6 Å². The summed E-state index contributed by atoms with van der Waals surface area (Å²) < 4.78 is 9.66. The molecule has 0 spiro atoms. The number of ether oxygens (including phenoxy) is 2. The van der Waals surface area contributed by atoms with Gasteiger partial charge in [-0.3, -0.25) is 0 Å². The number of amides is 4. The quantitative estimate of drug-likeness (QED) is 0.569. The Bertz CT molecular complexity index is 860. The van der Waals surface area contributed by atoms with Crippen LogP contribution < -0.4 is 16.0 Å². The number of rotatable bonds is 9. The number of hydrogen-bond donors (Lipinski definition) is 3. The van der Waals surface area contributed by atoms with Crippen molar-refractivity contribution in [2.75, 3.05) is 27.3 Å². The molecule has 0 aliphatic carbocycles. The minimum Gasteiger partial charge on any atom is -0.453 e. The third-order valence-corrected chi connectivity index (χ3v) is 4.34. The number of nitrogens with one attached hydrogen (secondary N) is 3. The molecule has 0 aromatic heterocycles. The molecule has 2 aromatic carbocycles. The van der Waals surface area contributed by atoms with Crippen LogP contribution in [-0.4, -0.2) is 50.4 Å². The van der Waals surface area contributed by atoms with Crippen molar-refractivity contribution in [3.8, 4) is 0 Å². The molecule has 0 aliphatic rings. The van der Waals surface area contributed by atoms with Crippen LogP contribution in [0, 0.1) is 0 Å². The molecule has 0 bridgehead atoms. The molecule has 0 unspecified atom stereocenters. The standard InChI is InChI=1S/C22H28N4O5/c1-26(20(27)23-14-17-7-4-3-5-8-17)11-12-31-22(29)25-16-19-10-6-9-18(13-19)15-24-21(28)30-2/h3-10,13H,11-12,14-16H2,1-2H3,(H,23,27)(H,24,28)(H,25,29). The lowest BCUT2D eigenvalue weighted by Crippen LogP contribution is -2.39. The summed E-state index contributed by atoms with van der Waals surface area (Å²) in [5.74, 6) is 0. The van der Waals surface area contributed by atoms with Gasteiger partial charge >= 0.3 is 18.2 Å². The maximum absolute atomic E-state index is 12.1. The highest BCUT2D eigenvalue weighted by atomic mass is 16.5. The van der Waals surface area contributed by atoms with Gasteiger partial charge in [-0.1, -0.05) is 54.6 Å². The highest BCUT2D eigenvalue weighted by molar-refractivity contribution is 5.74. The van der Waals surface area contributed by atoms with Gasteiger partial charge in [0, 0.05) is 26.7 Å². The van der Waals surface area contributed by atoms with Crippen molar-refractivity contribution in [2.24, 2.45) is 0 Å². The van der Waals surface area contributed by atoms with Crippen LogP contribution in [0.5, 0.6) is 0 Å². The van der Waals surface area contributed by atoms with Crippen LogP contribution in [0.15, 0.2) is 54.6 Å². The lowest BCUT2D eigenvalue weighted by atomic mass is 10.1. The molecule has 2 rings (SSSR count). The van der Waals surface area contributed by atoms with Crippen molar-refractivity contribution in [1.82, 2.24) is 20.9 Å². The van der Waals surface area contributed by atoms with Gasteiger partial charge in [-0.05, 0) is 16.7 Å². The van der Waals surface area contributed by atoms with Gasteiger partial charge in [0.1, 0.15) is 6.61 Å². The average Bonchev–Trinajstić information content (AvgIpc) is 2.80. The number of benzene rings is 2. The van der Waals surface area contributed by atoms with Gasteiger partial charge in [0.2, 0.25) is 0 Å². The second-order valence-electron chi connectivity index (χ2n) is 6.72. The molecular formula is C22H28N4O5. The molecule has 166 valence electrons. The van der Waals surface area contributed by atoms with Crippen molar-refractivity contribution >= 4 is 18.2 Å². The van der Waals surface area contributed by atoms with Crippen molar-refractivity contribution in [1.29, 1.82) is 0 Å². The van der Waals surface area contributed by atoms with Crippen LogP contribution in [0.4, 0.5) is 14.4 Å². The Morgan fingerprint density at radius 1 is 0.806 bits per heavy atom. The van der Waals surface area contributed by atoms with Crippen LogP contribution in [0.1, 0.15) is 16.7 Å². The number of likely N-dealkylation sites (N-methyl/N-ethyl adjacent to an activating group) is 1. The third-order valence-electron chi connectivity index (χ3n) is 4.34. The Hall–Kier alpha value is -3.75. The van der Waals surface area contributed by atoms with Gasteiger partial charge in [0.05, 0.1) is 13.7 Å². The molecule has 0 radical (unpaired) electrons. The molecule has 0 saturated heterocycles.